The topological polar surface area (TPSA) is 0 Å². The van der Waals surface area contributed by atoms with E-state index in [0.717, 1.165) is 0 Å². The van der Waals surface area contributed by atoms with Crippen molar-refractivity contribution in [3.8, 4) is 22.3 Å². The molecule has 0 fully saturated rings. The van der Waals surface area contributed by atoms with Crippen LogP contribution in [0.15, 0.2) is 133 Å². The predicted molar refractivity (Wildman–Crippen MR) is 148 cm³/mol. The van der Waals surface area contributed by atoms with E-state index in [1.165, 1.54) is 44.5 Å². The van der Waals surface area contributed by atoms with Gasteiger partial charge in [-0.05, 0) is 44.5 Å². The first kappa shape index (κ1) is 21.4. The van der Waals surface area contributed by atoms with E-state index in [2.05, 4.69) is 146 Å². The molecule has 0 nitrogen and oxygen atoms in total. The maximum atomic E-state index is 2.20. The van der Waals surface area contributed by atoms with Crippen LogP contribution in [0.3, 0.4) is 0 Å². The first-order chi connectivity index (χ1) is 16.8. The number of benzene rings is 5. The summed E-state index contributed by atoms with van der Waals surface area (Å²) in [6.45, 7) is 0. The van der Waals surface area contributed by atoms with Gasteiger partial charge in [0.25, 0.3) is 0 Å². The van der Waals surface area contributed by atoms with Crippen molar-refractivity contribution >= 4 is 24.3 Å². The summed E-state index contributed by atoms with van der Waals surface area (Å²) in [6.07, 6.45) is 8.61. The van der Waals surface area contributed by atoms with Crippen molar-refractivity contribution in [1.82, 2.24) is 0 Å². The number of hydrogen-bond acceptors (Lipinski definition) is 0. The van der Waals surface area contributed by atoms with Gasteiger partial charge in [0, 0.05) is 0 Å². The molecule has 0 radical (unpaired) electrons. The van der Waals surface area contributed by atoms with Gasteiger partial charge in [0.2, 0.25) is 0 Å². The average Bonchev–Trinajstić information content (AvgIpc) is 2.93. The van der Waals surface area contributed by atoms with E-state index < -0.39 is 0 Å². The van der Waals surface area contributed by atoms with Crippen LogP contribution in [-0.2, 0) is 0 Å². The van der Waals surface area contributed by atoms with Crippen LogP contribution in [0.25, 0.3) is 46.6 Å². The van der Waals surface area contributed by atoms with Gasteiger partial charge in [-0.25, -0.2) is 0 Å². The van der Waals surface area contributed by atoms with Gasteiger partial charge in [-0.2, -0.15) is 0 Å². The molecule has 0 bridgehead atoms. The molecule has 0 spiro atoms. The molecule has 0 atom stereocenters. The molecule has 0 saturated heterocycles. The lowest BCUT2D eigenvalue weighted by molar-refractivity contribution is 1.58. The van der Waals surface area contributed by atoms with Crippen molar-refractivity contribution in [3.05, 3.63) is 156 Å². The summed E-state index contributed by atoms with van der Waals surface area (Å²) >= 11 is 0. The highest BCUT2D eigenvalue weighted by atomic mass is 14.0. The summed E-state index contributed by atoms with van der Waals surface area (Å²) < 4.78 is 0. The zero-order chi connectivity index (χ0) is 23.0. The molecule has 0 aromatic heterocycles. The zero-order valence-electron chi connectivity index (χ0n) is 19.0. The number of hydrogen-bond donors (Lipinski definition) is 0. The molecule has 5 rings (SSSR count). The molecule has 0 heterocycles. The van der Waals surface area contributed by atoms with E-state index in [4.69, 9.17) is 0 Å². The lowest BCUT2D eigenvalue weighted by Crippen LogP contribution is -1.81. The van der Waals surface area contributed by atoms with Crippen molar-refractivity contribution in [2.24, 2.45) is 0 Å². The van der Waals surface area contributed by atoms with Crippen molar-refractivity contribution in [2.75, 3.05) is 0 Å². The molecule has 5 aromatic carbocycles. The molecule has 0 aliphatic rings. The Morgan fingerprint density at radius 2 is 0.500 bits per heavy atom. The highest BCUT2D eigenvalue weighted by molar-refractivity contribution is 5.75. The number of rotatable bonds is 6. The third-order valence-corrected chi connectivity index (χ3v) is 5.91. The van der Waals surface area contributed by atoms with Gasteiger partial charge in [-0.15, -0.1) is 0 Å². The van der Waals surface area contributed by atoms with Crippen LogP contribution in [0.5, 0.6) is 0 Å². The van der Waals surface area contributed by atoms with Crippen molar-refractivity contribution in [1.29, 1.82) is 0 Å². The lowest BCUT2D eigenvalue weighted by Gasteiger charge is -2.05. The molecule has 0 unspecified atom stereocenters. The Morgan fingerprint density at radius 3 is 0.912 bits per heavy atom. The summed E-state index contributed by atoms with van der Waals surface area (Å²) in [6, 6.07) is 47.0. The van der Waals surface area contributed by atoms with Gasteiger partial charge in [-0.3, -0.25) is 0 Å². The maximum Gasteiger partial charge on any atom is -0.0184 e. The van der Waals surface area contributed by atoms with Crippen molar-refractivity contribution in [2.45, 2.75) is 0 Å². The second-order valence-electron chi connectivity index (χ2n) is 8.31. The second-order valence-corrected chi connectivity index (χ2v) is 8.31. The zero-order valence-corrected chi connectivity index (χ0v) is 19.0. The normalized spacial score (nSPS) is 11.3. The standard InChI is InChI=1S/C34H26/c1-3-7-27(8-4-1)11-12-28-13-15-29(16-14-28)17-18-30-19-21-32(22-20-30)34-25-23-33(24-26-34)31-9-5-2-6-10-31/h1-26H/b12-11+,18-17+. The Morgan fingerprint density at radius 1 is 0.235 bits per heavy atom. The van der Waals surface area contributed by atoms with Gasteiger partial charge in [0.05, 0.1) is 0 Å². The first-order valence-electron chi connectivity index (χ1n) is 11.6. The molecular weight excluding hydrogens is 408 g/mol. The molecule has 0 aliphatic heterocycles. The Labute approximate surface area is 202 Å². The minimum Gasteiger partial charge on any atom is -0.0622 e. The fourth-order valence-corrected chi connectivity index (χ4v) is 3.94. The largest absolute Gasteiger partial charge is 0.0622 e. The average molecular weight is 435 g/mol. The molecule has 5 aromatic rings. The van der Waals surface area contributed by atoms with Crippen molar-refractivity contribution < 1.29 is 0 Å². The van der Waals surface area contributed by atoms with Gasteiger partial charge in [0.1, 0.15) is 0 Å². The minimum absolute atomic E-state index is 1.19. The fourth-order valence-electron chi connectivity index (χ4n) is 3.94. The third-order valence-electron chi connectivity index (χ3n) is 5.91. The highest BCUT2D eigenvalue weighted by Gasteiger charge is 2.00. The van der Waals surface area contributed by atoms with Gasteiger partial charge in [-0.1, -0.05) is 158 Å². The fraction of sp³-hybridized carbons (Fsp3) is 0. The first-order valence-corrected chi connectivity index (χ1v) is 11.6. The van der Waals surface area contributed by atoms with Crippen molar-refractivity contribution in [3.63, 3.8) is 0 Å². The van der Waals surface area contributed by atoms with Crippen LogP contribution >= 0.6 is 0 Å². The van der Waals surface area contributed by atoms with E-state index >= 15 is 0 Å². The monoisotopic (exact) mass is 434 g/mol. The molecule has 162 valence electrons. The Balaban J connectivity index is 1.22. The third kappa shape index (κ3) is 5.49. The Hall–Kier alpha value is -4.42. The molecule has 0 N–H and O–H groups in total. The SMILES string of the molecule is C(=C\c1ccc(/C=C/c2ccc(-c3ccc(-c4ccccc4)cc3)cc2)cc1)/c1ccccc1. The molecule has 0 heteroatoms. The van der Waals surface area contributed by atoms with Crippen LogP contribution in [0.2, 0.25) is 0 Å². The van der Waals surface area contributed by atoms with Crippen LogP contribution in [0.4, 0.5) is 0 Å². The molecule has 0 saturated carbocycles. The van der Waals surface area contributed by atoms with Crippen LogP contribution < -0.4 is 0 Å². The smallest absolute Gasteiger partial charge is 0.0184 e. The maximum absolute atomic E-state index is 2.20. The molecule has 0 amide bonds. The lowest BCUT2D eigenvalue weighted by atomic mass is 9.99. The van der Waals surface area contributed by atoms with Crippen LogP contribution in [0.1, 0.15) is 22.3 Å². The summed E-state index contributed by atoms with van der Waals surface area (Å²) in [5.74, 6) is 0. The van der Waals surface area contributed by atoms with Gasteiger partial charge >= 0.3 is 0 Å². The second kappa shape index (κ2) is 10.5. The molecular formula is C34H26. The Bertz CT molecular complexity index is 1370. The van der Waals surface area contributed by atoms with Gasteiger partial charge < -0.3 is 0 Å². The molecule has 0 aliphatic carbocycles. The summed E-state index contributed by atoms with van der Waals surface area (Å²) in [5, 5.41) is 0. The summed E-state index contributed by atoms with van der Waals surface area (Å²) in [5.41, 5.74) is 9.74. The van der Waals surface area contributed by atoms with E-state index in [-0.39, 0.29) is 0 Å². The summed E-state index contributed by atoms with van der Waals surface area (Å²) in [4.78, 5) is 0. The molecule has 34 heavy (non-hydrogen) atoms. The van der Waals surface area contributed by atoms with E-state index in [1.807, 2.05) is 12.1 Å². The van der Waals surface area contributed by atoms with Gasteiger partial charge in [0.15, 0.2) is 0 Å². The van der Waals surface area contributed by atoms with E-state index in [1.54, 1.807) is 0 Å². The quantitative estimate of drug-likeness (QED) is 0.234. The van der Waals surface area contributed by atoms with Crippen LogP contribution in [0, 0.1) is 0 Å². The highest BCUT2D eigenvalue weighted by Crippen LogP contribution is 2.25. The summed E-state index contributed by atoms with van der Waals surface area (Å²) in [7, 11) is 0. The van der Waals surface area contributed by atoms with E-state index in [9.17, 15) is 0 Å². The van der Waals surface area contributed by atoms with Crippen LogP contribution in [-0.4, -0.2) is 0 Å². The Kier molecular flexibility index (Phi) is 6.59. The van der Waals surface area contributed by atoms with E-state index in [0.29, 0.717) is 0 Å². The predicted octanol–water partition coefficient (Wildman–Crippen LogP) is 9.36. The minimum atomic E-state index is 1.19.